The Balaban J connectivity index is 1.97. The Bertz CT molecular complexity index is 426. The van der Waals surface area contributed by atoms with Gasteiger partial charge in [0, 0.05) is 0 Å². The second-order valence-corrected chi connectivity index (χ2v) is 4.73. The number of aliphatic carboxylic acids is 1. The molecule has 0 spiro atoms. The number of nitrogens with one attached hydrogen (secondary N) is 1. The summed E-state index contributed by atoms with van der Waals surface area (Å²) in [5.41, 5.74) is 0. The van der Waals surface area contributed by atoms with Crippen molar-refractivity contribution >= 4 is 11.9 Å². The zero-order chi connectivity index (χ0) is 13.1. The van der Waals surface area contributed by atoms with Crippen LogP contribution in [0.25, 0.3) is 0 Å². The highest BCUT2D eigenvalue weighted by molar-refractivity contribution is 5.85. The van der Waals surface area contributed by atoms with E-state index in [0.29, 0.717) is 18.6 Å². The molecule has 0 saturated heterocycles. The predicted molar refractivity (Wildman–Crippen MR) is 63.7 cm³/mol. The second-order valence-electron chi connectivity index (χ2n) is 4.73. The van der Waals surface area contributed by atoms with E-state index in [1.54, 1.807) is 18.4 Å². The fourth-order valence-corrected chi connectivity index (χ4v) is 2.50. The van der Waals surface area contributed by atoms with E-state index < -0.39 is 17.8 Å². The molecule has 1 aliphatic rings. The molecule has 2 N–H and O–H groups in total. The average molecular weight is 251 g/mol. The Morgan fingerprint density at radius 2 is 2.17 bits per heavy atom. The van der Waals surface area contributed by atoms with Crippen LogP contribution in [0, 0.1) is 11.8 Å². The molecule has 1 fully saturated rings. The first-order valence-electron chi connectivity index (χ1n) is 6.16. The zero-order valence-corrected chi connectivity index (χ0v) is 10.3. The van der Waals surface area contributed by atoms with Gasteiger partial charge >= 0.3 is 5.97 Å². The van der Waals surface area contributed by atoms with Crippen molar-refractivity contribution in [3.63, 3.8) is 0 Å². The van der Waals surface area contributed by atoms with Gasteiger partial charge in [-0.05, 0) is 31.9 Å². The molecule has 1 amide bonds. The van der Waals surface area contributed by atoms with Gasteiger partial charge in [-0.3, -0.25) is 9.59 Å². The third kappa shape index (κ3) is 2.55. The van der Waals surface area contributed by atoms with E-state index in [1.165, 1.54) is 0 Å². The monoisotopic (exact) mass is 251 g/mol. The summed E-state index contributed by atoms with van der Waals surface area (Å²) < 4.78 is 5.20. The smallest absolute Gasteiger partial charge is 0.307 e. The van der Waals surface area contributed by atoms with E-state index in [2.05, 4.69) is 5.32 Å². The van der Waals surface area contributed by atoms with E-state index in [4.69, 9.17) is 9.52 Å². The highest BCUT2D eigenvalue weighted by Crippen LogP contribution is 2.32. The third-order valence-electron chi connectivity index (χ3n) is 3.50. The summed E-state index contributed by atoms with van der Waals surface area (Å²) in [6.45, 7) is 1.82. The minimum Gasteiger partial charge on any atom is -0.481 e. The molecule has 0 radical (unpaired) electrons. The van der Waals surface area contributed by atoms with Crippen molar-refractivity contribution in [2.75, 3.05) is 0 Å². The Morgan fingerprint density at radius 3 is 2.78 bits per heavy atom. The van der Waals surface area contributed by atoms with Crippen molar-refractivity contribution < 1.29 is 19.1 Å². The first-order valence-corrected chi connectivity index (χ1v) is 6.16. The fraction of sp³-hybridized carbons (Fsp3) is 0.538. The first-order chi connectivity index (χ1) is 8.59. The minimum absolute atomic E-state index is 0.191. The van der Waals surface area contributed by atoms with Gasteiger partial charge in [-0.25, -0.2) is 0 Å². The van der Waals surface area contributed by atoms with Crippen molar-refractivity contribution in [1.29, 1.82) is 0 Å². The number of hydrogen-bond acceptors (Lipinski definition) is 3. The summed E-state index contributed by atoms with van der Waals surface area (Å²) in [6.07, 6.45) is 3.58. The molecule has 1 aromatic heterocycles. The Kier molecular flexibility index (Phi) is 3.69. The van der Waals surface area contributed by atoms with Gasteiger partial charge in [0.2, 0.25) is 5.91 Å². The molecule has 0 aromatic carbocycles. The molecule has 1 aromatic rings. The Morgan fingerprint density at radius 1 is 1.44 bits per heavy atom. The lowest BCUT2D eigenvalue weighted by atomic mass is 9.95. The van der Waals surface area contributed by atoms with Gasteiger partial charge in [-0.15, -0.1) is 0 Å². The minimum atomic E-state index is -0.877. The molecule has 2 rings (SSSR count). The quantitative estimate of drug-likeness (QED) is 0.857. The molecule has 18 heavy (non-hydrogen) atoms. The molecule has 5 heteroatoms. The highest BCUT2D eigenvalue weighted by Gasteiger charge is 2.38. The van der Waals surface area contributed by atoms with E-state index in [-0.39, 0.29) is 11.9 Å². The lowest BCUT2D eigenvalue weighted by Gasteiger charge is -2.18. The lowest BCUT2D eigenvalue weighted by Crippen LogP contribution is -2.36. The highest BCUT2D eigenvalue weighted by atomic mass is 16.4. The number of rotatable bonds is 4. The van der Waals surface area contributed by atoms with Gasteiger partial charge in [-0.2, -0.15) is 0 Å². The maximum atomic E-state index is 12.0. The van der Waals surface area contributed by atoms with Crippen LogP contribution in [0.2, 0.25) is 0 Å². The molecule has 1 heterocycles. The van der Waals surface area contributed by atoms with Crippen molar-refractivity contribution in [1.82, 2.24) is 5.32 Å². The molecule has 98 valence electrons. The maximum Gasteiger partial charge on any atom is 0.307 e. The number of carboxylic acid groups (broad SMARTS) is 1. The average Bonchev–Trinajstić information content (AvgIpc) is 3.00. The lowest BCUT2D eigenvalue weighted by molar-refractivity contribution is -0.146. The van der Waals surface area contributed by atoms with Crippen molar-refractivity contribution in [3.05, 3.63) is 24.2 Å². The zero-order valence-electron chi connectivity index (χ0n) is 10.3. The molecule has 1 aliphatic carbocycles. The van der Waals surface area contributed by atoms with E-state index in [0.717, 1.165) is 6.42 Å². The van der Waals surface area contributed by atoms with Crippen LogP contribution >= 0.6 is 0 Å². The van der Waals surface area contributed by atoms with Crippen LogP contribution in [0.15, 0.2) is 22.8 Å². The standard InChI is InChI=1S/C13H17NO4/c1-8(11-6-3-7-18-11)14-12(15)9-4-2-5-10(9)13(16)17/h3,6-10H,2,4-5H2,1H3,(H,14,15)(H,16,17)/t8-,9?,10?/m0/s1. The van der Waals surface area contributed by atoms with Crippen LogP contribution in [0.1, 0.15) is 38.0 Å². The predicted octanol–water partition coefficient (Wildman–Crippen LogP) is 1.96. The largest absolute Gasteiger partial charge is 0.481 e. The van der Waals surface area contributed by atoms with E-state index in [1.807, 2.05) is 6.92 Å². The van der Waals surface area contributed by atoms with Gasteiger partial charge in [0.1, 0.15) is 5.76 Å². The summed E-state index contributed by atoms with van der Waals surface area (Å²) in [7, 11) is 0. The maximum absolute atomic E-state index is 12.0. The Hall–Kier alpha value is -1.78. The van der Waals surface area contributed by atoms with E-state index in [9.17, 15) is 9.59 Å². The topological polar surface area (TPSA) is 79.5 Å². The number of hydrogen-bond donors (Lipinski definition) is 2. The molecule has 5 nitrogen and oxygen atoms in total. The summed E-state index contributed by atoms with van der Waals surface area (Å²) in [5, 5.41) is 11.9. The van der Waals surface area contributed by atoms with Crippen LogP contribution in [-0.4, -0.2) is 17.0 Å². The summed E-state index contributed by atoms with van der Waals surface area (Å²) in [5.74, 6) is -1.36. The summed E-state index contributed by atoms with van der Waals surface area (Å²) in [6, 6.07) is 3.31. The van der Waals surface area contributed by atoms with Crippen molar-refractivity contribution in [2.24, 2.45) is 11.8 Å². The van der Waals surface area contributed by atoms with Gasteiger partial charge < -0.3 is 14.8 Å². The molecular formula is C13H17NO4. The second kappa shape index (κ2) is 5.25. The number of carboxylic acids is 1. The number of furan rings is 1. The van der Waals surface area contributed by atoms with Crippen LogP contribution in [0.5, 0.6) is 0 Å². The van der Waals surface area contributed by atoms with Crippen LogP contribution in [-0.2, 0) is 9.59 Å². The van der Waals surface area contributed by atoms with Gasteiger partial charge in [0.15, 0.2) is 0 Å². The SMILES string of the molecule is C[C@H](NC(=O)C1CCCC1C(=O)O)c1ccco1. The van der Waals surface area contributed by atoms with Gasteiger partial charge in [0.05, 0.1) is 24.1 Å². The normalized spacial score (nSPS) is 24.7. The molecule has 0 aliphatic heterocycles. The molecule has 0 bridgehead atoms. The molecule has 3 atom stereocenters. The van der Waals surface area contributed by atoms with Crippen LogP contribution < -0.4 is 5.32 Å². The van der Waals surface area contributed by atoms with E-state index >= 15 is 0 Å². The third-order valence-corrected chi connectivity index (χ3v) is 3.50. The Labute approximate surface area is 105 Å². The van der Waals surface area contributed by atoms with Crippen LogP contribution in [0.3, 0.4) is 0 Å². The summed E-state index contributed by atoms with van der Waals surface area (Å²) in [4.78, 5) is 23.1. The molecule has 2 unspecified atom stereocenters. The molecule has 1 saturated carbocycles. The van der Waals surface area contributed by atoms with Crippen LogP contribution in [0.4, 0.5) is 0 Å². The number of carbonyl (C=O) groups is 2. The van der Waals surface area contributed by atoms with Crippen molar-refractivity contribution in [2.45, 2.75) is 32.2 Å². The fourth-order valence-electron chi connectivity index (χ4n) is 2.50. The molecular weight excluding hydrogens is 234 g/mol. The van der Waals surface area contributed by atoms with Gasteiger partial charge in [-0.1, -0.05) is 6.42 Å². The van der Waals surface area contributed by atoms with Gasteiger partial charge in [0.25, 0.3) is 0 Å². The van der Waals surface area contributed by atoms with Crippen molar-refractivity contribution in [3.8, 4) is 0 Å². The summed E-state index contributed by atoms with van der Waals surface area (Å²) >= 11 is 0. The number of carbonyl (C=O) groups excluding carboxylic acids is 1. The number of amides is 1. The first kappa shape index (κ1) is 12.7.